The fourth-order valence-electron chi connectivity index (χ4n) is 10.6. The van der Waals surface area contributed by atoms with Crippen molar-refractivity contribution in [2.75, 3.05) is 0 Å². The van der Waals surface area contributed by atoms with Gasteiger partial charge in [-0.2, -0.15) is 0 Å². The van der Waals surface area contributed by atoms with Crippen LogP contribution in [0.5, 0.6) is 0 Å². The Morgan fingerprint density at radius 2 is 0.934 bits per heavy atom. The molecular formula is C59H37NS. The third kappa shape index (κ3) is 5.00. The maximum Gasteiger partial charge on any atom is 0.0713 e. The predicted molar refractivity (Wildman–Crippen MR) is 259 cm³/mol. The van der Waals surface area contributed by atoms with E-state index in [0.717, 1.165) is 0 Å². The third-order valence-electron chi connectivity index (χ3n) is 13.3. The van der Waals surface area contributed by atoms with E-state index in [1.165, 1.54) is 114 Å². The molecule has 0 saturated heterocycles. The number of aromatic nitrogens is 1. The van der Waals surface area contributed by atoms with Crippen molar-refractivity contribution in [3.8, 4) is 39.1 Å². The molecule has 10 aromatic carbocycles. The Kier molecular flexibility index (Phi) is 7.46. The summed E-state index contributed by atoms with van der Waals surface area (Å²) in [5, 5.41) is 7.74. The van der Waals surface area contributed by atoms with Crippen molar-refractivity contribution in [3.63, 3.8) is 0 Å². The number of hydrogen-bond donors (Lipinski definition) is 0. The molecule has 1 nitrogen and oxygen atoms in total. The second kappa shape index (κ2) is 13.2. The van der Waals surface area contributed by atoms with Gasteiger partial charge in [-0.1, -0.05) is 182 Å². The van der Waals surface area contributed by atoms with Gasteiger partial charge < -0.3 is 4.57 Å². The van der Waals surface area contributed by atoms with Gasteiger partial charge in [-0.3, -0.25) is 0 Å². The smallest absolute Gasteiger partial charge is 0.0713 e. The molecule has 0 atom stereocenters. The van der Waals surface area contributed by atoms with E-state index in [1.54, 1.807) is 0 Å². The first-order valence-corrected chi connectivity index (χ1v) is 21.9. The van der Waals surface area contributed by atoms with E-state index in [2.05, 4.69) is 229 Å². The minimum absolute atomic E-state index is 0.551. The molecule has 1 aliphatic rings. The zero-order chi connectivity index (χ0) is 40.1. The zero-order valence-electron chi connectivity index (χ0n) is 33.2. The number of nitrogens with zero attached hydrogens (tertiary/aromatic N) is 1. The SMILES string of the molecule is c1ccc(-c2ccc(C3(c4ccc(-c5ccccc5)cc4)c4ccccc4-c4c3ccc3c4c4ccccc4n3-c3ccc4sc5cc6ccccc6cc5c4c3)cc2)cc1. The van der Waals surface area contributed by atoms with Crippen LogP contribution in [-0.4, -0.2) is 4.57 Å². The molecule has 0 bridgehead atoms. The Morgan fingerprint density at radius 1 is 0.361 bits per heavy atom. The molecule has 0 amide bonds. The Labute approximate surface area is 358 Å². The fourth-order valence-corrected chi connectivity index (χ4v) is 11.7. The van der Waals surface area contributed by atoms with E-state index >= 15 is 0 Å². The molecule has 0 saturated carbocycles. The van der Waals surface area contributed by atoms with E-state index in [1.807, 2.05) is 11.3 Å². The van der Waals surface area contributed by atoms with Gasteiger partial charge in [-0.25, -0.2) is 0 Å². The van der Waals surface area contributed by atoms with E-state index in [4.69, 9.17) is 0 Å². The normalized spacial score (nSPS) is 13.0. The van der Waals surface area contributed by atoms with Crippen LogP contribution in [0.3, 0.4) is 0 Å². The lowest BCUT2D eigenvalue weighted by molar-refractivity contribution is 0.769. The van der Waals surface area contributed by atoms with Gasteiger partial charge in [0.25, 0.3) is 0 Å². The summed E-state index contributed by atoms with van der Waals surface area (Å²) < 4.78 is 5.14. The number of rotatable bonds is 5. The highest BCUT2D eigenvalue weighted by Gasteiger charge is 2.47. The molecule has 0 radical (unpaired) electrons. The van der Waals surface area contributed by atoms with Crippen molar-refractivity contribution in [1.29, 1.82) is 0 Å². The molecule has 13 rings (SSSR count). The number of thiophene rings is 1. The van der Waals surface area contributed by atoms with E-state index in [-0.39, 0.29) is 0 Å². The third-order valence-corrected chi connectivity index (χ3v) is 14.4. The predicted octanol–water partition coefficient (Wildman–Crippen LogP) is 16.0. The molecular weight excluding hydrogens is 755 g/mol. The van der Waals surface area contributed by atoms with Crippen molar-refractivity contribution in [2.45, 2.75) is 5.41 Å². The minimum Gasteiger partial charge on any atom is -0.309 e. The summed E-state index contributed by atoms with van der Waals surface area (Å²) in [6.07, 6.45) is 0. The Hall–Kier alpha value is -7.52. The van der Waals surface area contributed by atoms with E-state index < -0.39 is 5.41 Å². The van der Waals surface area contributed by atoms with Gasteiger partial charge in [-0.15, -0.1) is 11.3 Å². The molecule has 0 N–H and O–H groups in total. The Balaban J connectivity index is 1.08. The molecule has 1 aliphatic carbocycles. The highest BCUT2D eigenvalue weighted by Crippen LogP contribution is 2.59. The number of fused-ring (bicyclic) bond motifs is 11. The van der Waals surface area contributed by atoms with Gasteiger partial charge in [0.1, 0.15) is 0 Å². The van der Waals surface area contributed by atoms with Crippen LogP contribution in [0.2, 0.25) is 0 Å². The zero-order valence-corrected chi connectivity index (χ0v) is 34.0. The first kappa shape index (κ1) is 34.4. The van der Waals surface area contributed by atoms with Crippen LogP contribution >= 0.6 is 11.3 Å². The molecule has 61 heavy (non-hydrogen) atoms. The first-order valence-electron chi connectivity index (χ1n) is 21.1. The largest absolute Gasteiger partial charge is 0.309 e. The highest BCUT2D eigenvalue weighted by molar-refractivity contribution is 7.25. The maximum atomic E-state index is 2.50. The van der Waals surface area contributed by atoms with E-state index in [0.29, 0.717) is 0 Å². The Bertz CT molecular complexity index is 3580. The van der Waals surface area contributed by atoms with Crippen molar-refractivity contribution in [2.24, 2.45) is 0 Å². The van der Waals surface area contributed by atoms with Crippen LogP contribution in [0, 0.1) is 0 Å². The number of para-hydroxylation sites is 1. The van der Waals surface area contributed by atoms with Crippen molar-refractivity contribution < 1.29 is 0 Å². The summed E-state index contributed by atoms with van der Waals surface area (Å²) in [6, 6.07) is 83.6. The molecule has 0 fully saturated rings. The summed E-state index contributed by atoms with van der Waals surface area (Å²) in [5.41, 5.74) is 15.7. The summed E-state index contributed by atoms with van der Waals surface area (Å²) in [5.74, 6) is 0. The second-order valence-electron chi connectivity index (χ2n) is 16.4. The van der Waals surface area contributed by atoms with Crippen LogP contribution in [0.1, 0.15) is 22.3 Å². The molecule has 2 aromatic heterocycles. The van der Waals surface area contributed by atoms with Crippen LogP contribution in [0.4, 0.5) is 0 Å². The van der Waals surface area contributed by atoms with Gasteiger partial charge >= 0.3 is 0 Å². The van der Waals surface area contributed by atoms with Crippen LogP contribution in [0.25, 0.3) is 91.8 Å². The molecule has 2 heteroatoms. The summed E-state index contributed by atoms with van der Waals surface area (Å²) >= 11 is 1.88. The molecule has 0 aliphatic heterocycles. The summed E-state index contributed by atoms with van der Waals surface area (Å²) in [6.45, 7) is 0. The molecule has 284 valence electrons. The molecule has 0 unspecified atom stereocenters. The Morgan fingerprint density at radius 3 is 1.64 bits per heavy atom. The van der Waals surface area contributed by atoms with Crippen molar-refractivity contribution in [3.05, 3.63) is 247 Å². The molecule has 2 heterocycles. The van der Waals surface area contributed by atoms with Crippen molar-refractivity contribution >= 4 is 64.1 Å². The number of hydrogen-bond acceptors (Lipinski definition) is 1. The average Bonchev–Trinajstić information content (AvgIpc) is 3.97. The summed E-state index contributed by atoms with van der Waals surface area (Å²) in [7, 11) is 0. The van der Waals surface area contributed by atoms with Gasteiger partial charge in [0.15, 0.2) is 0 Å². The molecule has 12 aromatic rings. The summed E-state index contributed by atoms with van der Waals surface area (Å²) in [4.78, 5) is 0. The number of benzene rings is 10. The van der Waals surface area contributed by atoms with Gasteiger partial charge in [-0.05, 0) is 109 Å². The van der Waals surface area contributed by atoms with Gasteiger partial charge in [0.2, 0.25) is 0 Å². The topological polar surface area (TPSA) is 4.93 Å². The maximum absolute atomic E-state index is 2.50. The lowest BCUT2D eigenvalue weighted by atomic mass is 9.67. The first-order chi connectivity index (χ1) is 30.2. The van der Waals surface area contributed by atoms with Crippen LogP contribution < -0.4 is 0 Å². The van der Waals surface area contributed by atoms with Gasteiger partial charge in [0.05, 0.1) is 16.4 Å². The fraction of sp³-hybridized carbons (Fsp3) is 0.0169. The highest BCUT2D eigenvalue weighted by atomic mass is 32.1. The van der Waals surface area contributed by atoms with Crippen LogP contribution in [0.15, 0.2) is 224 Å². The van der Waals surface area contributed by atoms with Crippen molar-refractivity contribution in [1.82, 2.24) is 4.57 Å². The monoisotopic (exact) mass is 791 g/mol. The van der Waals surface area contributed by atoms with Crippen LogP contribution in [-0.2, 0) is 5.41 Å². The lowest BCUT2D eigenvalue weighted by Crippen LogP contribution is -2.28. The van der Waals surface area contributed by atoms with Gasteiger partial charge in [0, 0.05) is 36.6 Å². The lowest BCUT2D eigenvalue weighted by Gasteiger charge is -2.34. The average molecular weight is 792 g/mol. The van der Waals surface area contributed by atoms with E-state index in [9.17, 15) is 0 Å². The second-order valence-corrected chi connectivity index (χ2v) is 17.5. The molecule has 0 spiro atoms. The quantitative estimate of drug-likeness (QED) is 0.164. The standard InChI is InChI=1S/C59H37NS/c1-3-13-38(14-4-1)40-23-27-44(28-24-40)59(45-29-25-41(26-30-45)39-15-5-2-6-16-39)51-21-11-9-19-47(51)57-52(59)32-33-54-58(57)48-20-10-12-22-53(48)60(54)46-31-34-55-50(37-46)49-35-42-17-7-8-18-43(42)36-56(49)61-55/h1-37H. The minimum atomic E-state index is -0.551.